The van der Waals surface area contributed by atoms with Gasteiger partial charge in [0.05, 0.1) is 0 Å². The second-order valence-electron chi connectivity index (χ2n) is 13.8. The summed E-state index contributed by atoms with van der Waals surface area (Å²) >= 11 is 0. The standard InChI is InChI=1S/C40H71NO11/c1-7-8-9-10-11-12-13-14-15-16-17-18-19-20-21-22-23-24-25-26-27-28-29-41-40(47)39(52-35(6)46)38(51-34(5)45)37(50-33(4)44)36(49-32(3)43)30-48-31(2)42/h36-39H,7-30H2,1-6H3,(H,41,47)/t36-,37?,38-,39?/m1/s1. The maximum absolute atomic E-state index is 13.3. The fourth-order valence-electron chi connectivity index (χ4n) is 6.14. The van der Waals surface area contributed by atoms with Gasteiger partial charge >= 0.3 is 29.8 Å². The molecule has 0 aliphatic heterocycles. The fraction of sp³-hybridized carbons (Fsp3) is 0.850. The molecule has 0 fully saturated rings. The molecule has 0 radical (unpaired) electrons. The van der Waals surface area contributed by atoms with Crippen LogP contribution in [0, 0.1) is 0 Å². The highest BCUT2D eigenvalue weighted by atomic mass is 16.6. The highest BCUT2D eigenvalue weighted by Gasteiger charge is 2.46. The largest absolute Gasteiger partial charge is 0.462 e. The van der Waals surface area contributed by atoms with Gasteiger partial charge in [0, 0.05) is 41.2 Å². The summed E-state index contributed by atoms with van der Waals surface area (Å²) in [6.45, 7) is 7.30. The second-order valence-corrected chi connectivity index (χ2v) is 13.8. The lowest BCUT2D eigenvalue weighted by Gasteiger charge is -2.34. The van der Waals surface area contributed by atoms with Crippen LogP contribution in [0.2, 0.25) is 0 Å². The number of ether oxygens (including phenoxy) is 5. The fourth-order valence-corrected chi connectivity index (χ4v) is 6.14. The van der Waals surface area contributed by atoms with Crippen molar-refractivity contribution in [3.63, 3.8) is 0 Å². The molecular formula is C40H71NO11. The molecule has 2 unspecified atom stereocenters. The van der Waals surface area contributed by atoms with Crippen molar-refractivity contribution in [3.8, 4) is 0 Å². The zero-order valence-corrected chi connectivity index (χ0v) is 33.3. The van der Waals surface area contributed by atoms with Crippen LogP contribution in [-0.2, 0) is 52.5 Å². The van der Waals surface area contributed by atoms with Crippen LogP contribution in [0.25, 0.3) is 0 Å². The van der Waals surface area contributed by atoms with Gasteiger partial charge in [-0.1, -0.05) is 142 Å². The lowest BCUT2D eigenvalue weighted by molar-refractivity contribution is -0.203. The molecule has 1 amide bonds. The van der Waals surface area contributed by atoms with Crippen LogP contribution in [0.1, 0.15) is 183 Å². The van der Waals surface area contributed by atoms with Gasteiger partial charge in [-0.05, 0) is 6.42 Å². The summed E-state index contributed by atoms with van der Waals surface area (Å²) in [5.74, 6) is -4.98. The number of nitrogens with one attached hydrogen (secondary N) is 1. The number of hydrogen-bond donors (Lipinski definition) is 1. The van der Waals surface area contributed by atoms with E-state index in [1.807, 2.05) is 0 Å². The van der Waals surface area contributed by atoms with Crippen LogP contribution >= 0.6 is 0 Å². The van der Waals surface area contributed by atoms with Gasteiger partial charge in [0.25, 0.3) is 5.91 Å². The zero-order chi connectivity index (χ0) is 39.0. The summed E-state index contributed by atoms with van der Waals surface area (Å²) in [6, 6.07) is 0. The van der Waals surface area contributed by atoms with Crippen molar-refractivity contribution < 1.29 is 52.5 Å². The Hall–Kier alpha value is -3.18. The molecule has 4 atom stereocenters. The van der Waals surface area contributed by atoms with Crippen LogP contribution in [0.3, 0.4) is 0 Å². The molecule has 1 N–H and O–H groups in total. The van der Waals surface area contributed by atoms with Crippen LogP contribution < -0.4 is 5.32 Å². The minimum Gasteiger partial charge on any atom is -0.462 e. The number of amides is 1. The Bertz CT molecular complexity index is 1000. The van der Waals surface area contributed by atoms with Crippen molar-refractivity contribution >= 4 is 35.8 Å². The Balaban J connectivity index is 4.55. The third-order valence-corrected chi connectivity index (χ3v) is 8.74. The number of unbranched alkanes of at least 4 members (excludes halogenated alkanes) is 21. The Kier molecular flexibility index (Phi) is 30.5. The van der Waals surface area contributed by atoms with Crippen LogP contribution in [0.15, 0.2) is 0 Å². The third kappa shape index (κ3) is 28.4. The third-order valence-electron chi connectivity index (χ3n) is 8.74. The van der Waals surface area contributed by atoms with Gasteiger partial charge in [0.2, 0.25) is 6.10 Å². The number of rotatable bonds is 33. The summed E-state index contributed by atoms with van der Waals surface area (Å²) in [4.78, 5) is 72.8. The summed E-state index contributed by atoms with van der Waals surface area (Å²) in [7, 11) is 0. The summed E-state index contributed by atoms with van der Waals surface area (Å²) in [5, 5.41) is 2.70. The molecule has 0 aliphatic carbocycles. The van der Waals surface area contributed by atoms with Crippen molar-refractivity contribution in [2.24, 2.45) is 0 Å². The molecule has 0 aromatic rings. The van der Waals surface area contributed by atoms with E-state index in [-0.39, 0.29) is 6.54 Å². The molecule has 0 saturated heterocycles. The predicted octanol–water partition coefficient (Wildman–Crippen LogP) is 7.99. The first-order chi connectivity index (χ1) is 24.9. The highest BCUT2D eigenvalue weighted by Crippen LogP contribution is 2.21. The van der Waals surface area contributed by atoms with Gasteiger partial charge in [-0.25, -0.2) is 0 Å². The van der Waals surface area contributed by atoms with Crippen LogP contribution in [-0.4, -0.2) is 73.3 Å². The van der Waals surface area contributed by atoms with E-state index in [0.717, 1.165) is 53.9 Å². The van der Waals surface area contributed by atoms with Crippen LogP contribution in [0.4, 0.5) is 0 Å². The molecule has 0 aromatic heterocycles. The van der Waals surface area contributed by atoms with Gasteiger partial charge in [-0.15, -0.1) is 0 Å². The van der Waals surface area contributed by atoms with E-state index < -0.39 is 66.8 Å². The van der Waals surface area contributed by atoms with E-state index in [1.54, 1.807) is 0 Å². The zero-order valence-electron chi connectivity index (χ0n) is 33.3. The van der Waals surface area contributed by atoms with Gasteiger partial charge in [0.15, 0.2) is 18.3 Å². The summed E-state index contributed by atoms with van der Waals surface area (Å²) in [5.41, 5.74) is 0. The Morgan fingerprint density at radius 2 is 0.769 bits per heavy atom. The minimum atomic E-state index is -1.76. The number of carbonyl (C=O) groups is 6. The first kappa shape index (κ1) is 48.8. The monoisotopic (exact) mass is 742 g/mol. The smallest absolute Gasteiger partial charge is 0.303 e. The molecule has 302 valence electrons. The molecule has 0 rings (SSSR count). The molecule has 0 aromatic carbocycles. The van der Waals surface area contributed by atoms with Gasteiger partial charge < -0.3 is 29.0 Å². The van der Waals surface area contributed by atoms with Gasteiger partial charge in [0.1, 0.15) is 6.61 Å². The molecule has 0 bridgehead atoms. The quantitative estimate of drug-likeness (QED) is 0.0394. The van der Waals surface area contributed by atoms with Crippen molar-refractivity contribution in [2.45, 2.75) is 207 Å². The first-order valence-corrected chi connectivity index (χ1v) is 20.0. The average molecular weight is 742 g/mol. The molecule has 0 heterocycles. The lowest BCUT2D eigenvalue weighted by Crippen LogP contribution is -2.57. The lowest BCUT2D eigenvalue weighted by atomic mass is 10.0. The number of carbonyl (C=O) groups excluding carboxylic acids is 6. The highest BCUT2D eigenvalue weighted by molar-refractivity contribution is 5.84. The summed E-state index contributed by atoms with van der Waals surface area (Å²) < 4.78 is 26.1. The first-order valence-electron chi connectivity index (χ1n) is 20.0. The Labute approximate surface area is 313 Å². The SMILES string of the molecule is CCCCCCCCCCCCCCCCCCCCCCCCNC(=O)C(OC(C)=O)[C@H](OC(C)=O)C(OC(C)=O)[C@@H](COC(C)=O)OC(C)=O. The number of hydrogen-bond acceptors (Lipinski definition) is 11. The van der Waals surface area contributed by atoms with Crippen molar-refractivity contribution in [1.82, 2.24) is 5.32 Å². The van der Waals surface area contributed by atoms with Gasteiger partial charge in [-0.3, -0.25) is 28.8 Å². The van der Waals surface area contributed by atoms with E-state index in [1.165, 1.54) is 116 Å². The molecule has 12 nitrogen and oxygen atoms in total. The van der Waals surface area contributed by atoms with Crippen molar-refractivity contribution in [1.29, 1.82) is 0 Å². The van der Waals surface area contributed by atoms with E-state index in [2.05, 4.69) is 12.2 Å². The maximum atomic E-state index is 13.3. The van der Waals surface area contributed by atoms with E-state index in [0.29, 0.717) is 6.42 Å². The van der Waals surface area contributed by atoms with Crippen molar-refractivity contribution in [3.05, 3.63) is 0 Å². The Morgan fingerprint density at radius 1 is 0.423 bits per heavy atom. The van der Waals surface area contributed by atoms with E-state index in [4.69, 9.17) is 23.7 Å². The number of esters is 5. The molecule has 12 heteroatoms. The van der Waals surface area contributed by atoms with E-state index >= 15 is 0 Å². The topological polar surface area (TPSA) is 161 Å². The normalized spacial score (nSPS) is 13.3. The van der Waals surface area contributed by atoms with Crippen molar-refractivity contribution in [2.75, 3.05) is 13.2 Å². The molecule has 52 heavy (non-hydrogen) atoms. The predicted molar refractivity (Wildman–Crippen MR) is 199 cm³/mol. The van der Waals surface area contributed by atoms with Crippen LogP contribution in [0.5, 0.6) is 0 Å². The minimum absolute atomic E-state index is 0.265. The van der Waals surface area contributed by atoms with E-state index in [9.17, 15) is 28.8 Å². The second kappa shape index (κ2) is 32.5. The average Bonchev–Trinajstić information content (AvgIpc) is 3.07. The molecular weight excluding hydrogens is 670 g/mol. The Morgan fingerprint density at radius 3 is 1.12 bits per heavy atom. The van der Waals surface area contributed by atoms with Gasteiger partial charge in [-0.2, -0.15) is 0 Å². The maximum Gasteiger partial charge on any atom is 0.303 e. The molecule has 0 aliphatic rings. The summed E-state index contributed by atoms with van der Waals surface area (Å²) in [6.07, 6.45) is 21.4. The molecule has 0 spiro atoms. The molecule has 0 saturated carbocycles.